The second-order valence-corrected chi connectivity index (χ2v) is 4.41. The third-order valence-electron chi connectivity index (χ3n) is 3.54. The summed E-state index contributed by atoms with van der Waals surface area (Å²) in [6.45, 7) is 3.38. The number of fused-ring (bicyclic) bond motifs is 1. The van der Waals surface area contributed by atoms with Gasteiger partial charge in [0.1, 0.15) is 5.76 Å². The summed E-state index contributed by atoms with van der Waals surface area (Å²) >= 11 is 0. The van der Waals surface area contributed by atoms with Crippen LogP contribution in [-0.2, 0) is 12.0 Å². The van der Waals surface area contributed by atoms with E-state index in [4.69, 9.17) is 4.42 Å². The van der Waals surface area contributed by atoms with E-state index in [-0.39, 0.29) is 5.54 Å². The number of rotatable bonds is 1. The molecular formula is C11H15NO. The van der Waals surface area contributed by atoms with Crippen LogP contribution in [0.1, 0.15) is 31.1 Å². The topological polar surface area (TPSA) is 25.2 Å². The van der Waals surface area contributed by atoms with E-state index in [1.54, 1.807) is 0 Å². The molecule has 1 aromatic rings. The Morgan fingerprint density at radius 1 is 1.54 bits per heavy atom. The highest BCUT2D eigenvalue weighted by Gasteiger charge is 2.45. The molecule has 0 radical (unpaired) electrons. The van der Waals surface area contributed by atoms with Gasteiger partial charge in [0.05, 0.1) is 6.26 Å². The predicted molar refractivity (Wildman–Crippen MR) is 50.5 cm³/mol. The van der Waals surface area contributed by atoms with Gasteiger partial charge in [0.2, 0.25) is 0 Å². The summed E-state index contributed by atoms with van der Waals surface area (Å²) in [6.07, 6.45) is 5.62. The summed E-state index contributed by atoms with van der Waals surface area (Å²) in [4.78, 5) is 0. The van der Waals surface area contributed by atoms with Crippen molar-refractivity contribution in [2.75, 3.05) is 6.54 Å². The quantitative estimate of drug-likeness (QED) is 0.710. The largest absolute Gasteiger partial charge is 0.469 e. The number of nitrogens with one attached hydrogen (secondary N) is 1. The molecule has 70 valence electrons. The van der Waals surface area contributed by atoms with Crippen LogP contribution in [0.25, 0.3) is 0 Å². The summed E-state index contributed by atoms with van der Waals surface area (Å²) in [7, 11) is 0. The number of hydrogen-bond donors (Lipinski definition) is 1. The van der Waals surface area contributed by atoms with E-state index in [0.29, 0.717) is 0 Å². The Kier molecular flexibility index (Phi) is 1.40. The molecule has 1 saturated carbocycles. The molecule has 0 bridgehead atoms. The van der Waals surface area contributed by atoms with Crippen LogP contribution in [0.3, 0.4) is 0 Å². The Hall–Kier alpha value is -0.760. The van der Waals surface area contributed by atoms with Crippen molar-refractivity contribution in [2.24, 2.45) is 5.92 Å². The molecule has 1 N–H and O–H groups in total. The second kappa shape index (κ2) is 2.38. The highest BCUT2D eigenvalue weighted by Crippen LogP contribution is 2.47. The average Bonchev–Trinajstić information content (AvgIpc) is 2.86. The van der Waals surface area contributed by atoms with Crippen LogP contribution >= 0.6 is 0 Å². The Labute approximate surface area is 78.3 Å². The average molecular weight is 177 g/mol. The summed E-state index contributed by atoms with van der Waals surface area (Å²) in [5.41, 5.74) is 1.61. The molecule has 0 amide bonds. The molecule has 13 heavy (non-hydrogen) atoms. The van der Waals surface area contributed by atoms with Crippen molar-refractivity contribution < 1.29 is 4.42 Å². The van der Waals surface area contributed by atoms with Gasteiger partial charge in [0.15, 0.2) is 0 Å². The fraction of sp³-hybridized carbons (Fsp3) is 0.636. The lowest BCUT2D eigenvalue weighted by atomic mass is 9.84. The van der Waals surface area contributed by atoms with Crippen LogP contribution in [0.2, 0.25) is 0 Å². The molecule has 2 heterocycles. The molecule has 2 aliphatic rings. The minimum Gasteiger partial charge on any atom is -0.469 e. The number of hydrogen-bond acceptors (Lipinski definition) is 2. The molecule has 0 aromatic carbocycles. The maximum absolute atomic E-state index is 5.49. The summed E-state index contributed by atoms with van der Waals surface area (Å²) in [6, 6.07) is 2.14. The molecular weight excluding hydrogens is 162 g/mol. The van der Waals surface area contributed by atoms with E-state index in [1.165, 1.54) is 24.2 Å². The van der Waals surface area contributed by atoms with Gasteiger partial charge >= 0.3 is 0 Å². The van der Waals surface area contributed by atoms with Crippen LogP contribution in [0.5, 0.6) is 0 Å². The van der Waals surface area contributed by atoms with E-state index >= 15 is 0 Å². The van der Waals surface area contributed by atoms with Gasteiger partial charge in [-0.25, -0.2) is 0 Å². The second-order valence-electron chi connectivity index (χ2n) is 4.41. The monoisotopic (exact) mass is 177 g/mol. The van der Waals surface area contributed by atoms with E-state index in [2.05, 4.69) is 18.3 Å². The van der Waals surface area contributed by atoms with Crippen molar-refractivity contribution >= 4 is 0 Å². The highest BCUT2D eigenvalue weighted by molar-refractivity contribution is 5.31. The molecule has 1 aliphatic heterocycles. The van der Waals surface area contributed by atoms with Crippen LogP contribution in [0, 0.1) is 5.92 Å². The molecule has 3 rings (SSSR count). The third-order valence-corrected chi connectivity index (χ3v) is 3.54. The molecule has 0 spiro atoms. The van der Waals surface area contributed by atoms with E-state index in [9.17, 15) is 0 Å². The normalized spacial score (nSPS) is 33.0. The molecule has 0 saturated heterocycles. The molecule has 1 aliphatic carbocycles. The minimum absolute atomic E-state index is 0.209. The van der Waals surface area contributed by atoms with E-state index in [1.807, 2.05) is 6.26 Å². The first kappa shape index (κ1) is 7.63. The molecule has 2 nitrogen and oxygen atoms in total. The number of furan rings is 1. The minimum atomic E-state index is 0.209. The predicted octanol–water partition coefficient (Wildman–Crippen LogP) is 2.05. The molecule has 1 atom stereocenters. The van der Waals surface area contributed by atoms with Gasteiger partial charge in [0, 0.05) is 24.1 Å². The molecule has 1 fully saturated rings. The zero-order chi connectivity index (χ0) is 8.89. The lowest BCUT2D eigenvalue weighted by Crippen LogP contribution is -2.46. The first-order chi connectivity index (χ1) is 6.31. The van der Waals surface area contributed by atoms with E-state index in [0.717, 1.165) is 18.9 Å². The first-order valence-corrected chi connectivity index (χ1v) is 5.12. The lowest BCUT2D eigenvalue weighted by Gasteiger charge is -2.34. The highest BCUT2D eigenvalue weighted by atomic mass is 16.3. The molecule has 2 heteroatoms. The Morgan fingerprint density at radius 3 is 3.15 bits per heavy atom. The summed E-state index contributed by atoms with van der Waals surface area (Å²) < 4.78 is 5.49. The third kappa shape index (κ3) is 0.983. The van der Waals surface area contributed by atoms with Gasteiger partial charge in [-0.1, -0.05) is 0 Å². The van der Waals surface area contributed by atoms with Gasteiger partial charge in [-0.15, -0.1) is 0 Å². The summed E-state index contributed by atoms with van der Waals surface area (Å²) in [5, 5.41) is 3.64. The van der Waals surface area contributed by atoms with Crippen LogP contribution < -0.4 is 5.32 Å². The fourth-order valence-corrected chi connectivity index (χ4v) is 2.55. The standard InChI is InChI=1S/C11H15NO/c1-11(8-2-3-8)9-5-7-13-10(9)4-6-12-11/h5,7-8,12H,2-4,6H2,1H3/t11-/m0/s1. The maximum atomic E-state index is 5.49. The Balaban J connectivity index is 2.07. The fourth-order valence-electron chi connectivity index (χ4n) is 2.55. The maximum Gasteiger partial charge on any atom is 0.110 e. The van der Waals surface area contributed by atoms with Crippen molar-refractivity contribution in [3.63, 3.8) is 0 Å². The van der Waals surface area contributed by atoms with Gasteiger partial charge in [-0.3, -0.25) is 0 Å². The van der Waals surface area contributed by atoms with Gasteiger partial charge in [-0.2, -0.15) is 0 Å². The Bertz CT molecular complexity index is 327. The first-order valence-electron chi connectivity index (χ1n) is 5.12. The van der Waals surface area contributed by atoms with Crippen LogP contribution in [-0.4, -0.2) is 6.54 Å². The van der Waals surface area contributed by atoms with Crippen molar-refractivity contribution in [1.82, 2.24) is 5.32 Å². The van der Waals surface area contributed by atoms with Crippen LogP contribution in [0.15, 0.2) is 16.7 Å². The van der Waals surface area contributed by atoms with Crippen molar-refractivity contribution in [2.45, 2.75) is 31.7 Å². The molecule has 0 unspecified atom stereocenters. The van der Waals surface area contributed by atoms with Gasteiger partial charge in [-0.05, 0) is 31.7 Å². The Morgan fingerprint density at radius 2 is 2.38 bits per heavy atom. The van der Waals surface area contributed by atoms with E-state index < -0.39 is 0 Å². The molecule has 1 aromatic heterocycles. The zero-order valence-electron chi connectivity index (χ0n) is 7.97. The van der Waals surface area contributed by atoms with Crippen LogP contribution in [0.4, 0.5) is 0 Å². The van der Waals surface area contributed by atoms with Gasteiger partial charge in [0.25, 0.3) is 0 Å². The lowest BCUT2D eigenvalue weighted by molar-refractivity contribution is 0.287. The van der Waals surface area contributed by atoms with Crippen molar-refractivity contribution in [1.29, 1.82) is 0 Å². The smallest absolute Gasteiger partial charge is 0.110 e. The summed E-state index contributed by atoms with van der Waals surface area (Å²) in [5.74, 6) is 2.04. The SMILES string of the molecule is C[C@@]1(C2CC2)NCCc2occc21. The zero-order valence-corrected chi connectivity index (χ0v) is 7.97. The van der Waals surface area contributed by atoms with Crippen molar-refractivity contribution in [3.8, 4) is 0 Å². The van der Waals surface area contributed by atoms with Gasteiger partial charge < -0.3 is 9.73 Å². The van der Waals surface area contributed by atoms with Crippen molar-refractivity contribution in [3.05, 3.63) is 23.7 Å².